The summed E-state index contributed by atoms with van der Waals surface area (Å²) in [6.45, 7) is 0. The predicted octanol–water partition coefficient (Wildman–Crippen LogP) is 2.17. The van der Waals surface area contributed by atoms with Gasteiger partial charge in [-0.05, 0) is 29.9 Å². The van der Waals surface area contributed by atoms with E-state index in [0.29, 0.717) is 12.8 Å². The van der Waals surface area contributed by atoms with Crippen LogP contribution in [0.25, 0.3) is 0 Å². The van der Waals surface area contributed by atoms with Crippen LogP contribution >= 0.6 is 0 Å². The van der Waals surface area contributed by atoms with Gasteiger partial charge in [-0.2, -0.15) is 8.78 Å². The van der Waals surface area contributed by atoms with Crippen LogP contribution in [0.3, 0.4) is 0 Å². The summed E-state index contributed by atoms with van der Waals surface area (Å²) in [6.07, 6.45) is 0.884. The van der Waals surface area contributed by atoms with Crippen LogP contribution in [0, 0.1) is 5.92 Å². The van der Waals surface area contributed by atoms with Crippen molar-refractivity contribution in [1.29, 1.82) is 0 Å². The molecule has 0 heterocycles. The second-order valence-corrected chi connectivity index (χ2v) is 4.74. The fourth-order valence-corrected chi connectivity index (χ4v) is 2.43. The number of hydrogen-bond acceptors (Lipinski definition) is 3. The molecule has 0 unspecified atom stereocenters. The molecule has 0 spiro atoms. The van der Waals surface area contributed by atoms with Gasteiger partial charge in [0.2, 0.25) is 5.78 Å². The summed E-state index contributed by atoms with van der Waals surface area (Å²) in [5.74, 6) is -7.35. The summed E-state index contributed by atoms with van der Waals surface area (Å²) in [5.41, 5.74) is 2.17. The number of alkyl halides is 2. The Labute approximate surface area is 109 Å². The number of carbonyl (C=O) groups is 2. The molecule has 3 nitrogen and oxygen atoms in total. The Morgan fingerprint density at radius 1 is 1.26 bits per heavy atom. The van der Waals surface area contributed by atoms with Crippen LogP contribution in [0.1, 0.15) is 17.5 Å². The molecule has 0 amide bonds. The molecule has 0 fully saturated rings. The molecule has 0 bridgehead atoms. The number of fused-ring (bicyclic) bond motifs is 1. The molecule has 102 valence electrons. The van der Waals surface area contributed by atoms with Gasteiger partial charge < -0.3 is 4.74 Å². The van der Waals surface area contributed by atoms with Crippen LogP contribution in [0.5, 0.6) is 0 Å². The van der Waals surface area contributed by atoms with Gasteiger partial charge in [0.25, 0.3) is 0 Å². The smallest absolute Gasteiger partial charge is 0.399 e. The first-order valence-electron chi connectivity index (χ1n) is 6.01. The number of benzene rings is 1. The minimum Gasteiger partial charge on any atom is -0.464 e. The molecule has 5 heteroatoms. The highest BCUT2D eigenvalue weighted by Gasteiger charge is 2.48. The second kappa shape index (κ2) is 5.07. The van der Waals surface area contributed by atoms with Gasteiger partial charge in [0.05, 0.1) is 7.11 Å². The van der Waals surface area contributed by atoms with Crippen LogP contribution in [0.4, 0.5) is 8.78 Å². The maximum atomic E-state index is 13.4. The maximum absolute atomic E-state index is 13.4. The first kappa shape index (κ1) is 13.6. The zero-order valence-corrected chi connectivity index (χ0v) is 10.5. The quantitative estimate of drug-likeness (QED) is 0.621. The number of rotatable bonds is 4. The summed E-state index contributed by atoms with van der Waals surface area (Å²) >= 11 is 0. The molecular weight excluding hydrogens is 254 g/mol. The lowest BCUT2D eigenvalue weighted by Gasteiger charge is -2.14. The van der Waals surface area contributed by atoms with Gasteiger partial charge in [-0.3, -0.25) is 4.79 Å². The molecular formula is C14H14F2O3. The number of methoxy groups -OCH3 is 1. The molecule has 2 rings (SSSR count). The van der Waals surface area contributed by atoms with E-state index in [1.807, 2.05) is 24.3 Å². The molecule has 1 aliphatic rings. The van der Waals surface area contributed by atoms with Crippen molar-refractivity contribution in [1.82, 2.24) is 0 Å². The highest BCUT2D eigenvalue weighted by molar-refractivity contribution is 6.05. The van der Waals surface area contributed by atoms with E-state index in [1.165, 1.54) is 0 Å². The van der Waals surface area contributed by atoms with Gasteiger partial charge in [0.15, 0.2) is 0 Å². The van der Waals surface area contributed by atoms with E-state index >= 15 is 0 Å². The number of halogens is 2. The average Bonchev–Trinajstić information content (AvgIpc) is 2.79. The van der Waals surface area contributed by atoms with Gasteiger partial charge in [0.1, 0.15) is 0 Å². The van der Waals surface area contributed by atoms with Crippen molar-refractivity contribution in [3.63, 3.8) is 0 Å². The third-order valence-corrected chi connectivity index (χ3v) is 3.40. The molecule has 0 saturated carbocycles. The summed E-state index contributed by atoms with van der Waals surface area (Å²) in [7, 11) is 0.842. The Balaban J connectivity index is 2.01. The fraction of sp³-hybridized carbons (Fsp3) is 0.429. The number of ketones is 1. The molecule has 1 aromatic carbocycles. The summed E-state index contributed by atoms with van der Waals surface area (Å²) < 4.78 is 30.7. The summed E-state index contributed by atoms with van der Waals surface area (Å²) in [4.78, 5) is 22.4. The Kier molecular flexibility index (Phi) is 3.64. The maximum Gasteiger partial charge on any atom is 0.399 e. The Hall–Kier alpha value is -1.78. The van der Waals surface area contributed by atoms with E-state index in [-0.39, 0.29) is 12.3 Å². The molecule has 19 heavy (non-hydrogen) atoms. The van der Waals surface area contributed by atoms with E-state index < -0.39 is 17.7 Å². The van der Waals surface area contributed by atoms with Crippen LogP contribution in [0.2, 0.25) is 0 Å². The lowest BCUT2D eigenvalue weighted by molar-refractivity contribution is -0.174. The van der Waals surface area contributed by atoms with Crippen molar-refractivity contribution in [3.8, 4) is 0 Å². The Morgan fingerprint density at radius 3 is 2.26 bits per heavy atom. The molecule has 0 aliphatic heterocycles. The van der Waals surface area contributed by atoms with Crippen LogP contribution in [0.15, 0.2) is 24.3 Å². The van der Waals surface area contributed by atoms with Crippen LogP contribution in [-0.2, 0) is 27.2 Å². The number of hydrogen-bond donors (Lipinski definition) is 0. The van der Waals surface area contributed by atoms with E-state index in [2.05, 4.69) is 4.74 Å². The molecule has 1 aliphatic carbocycles. The lowest BCUT2D eigenvalue weighted by atomic mass is 9.96. The monoisotopic (exact) mass is 268 g/mol. The van der Waals surface area contributed by atoms with Crippen molar-refractivity contribution >= 4 is 11.8 Å². The van der Waals surface area contributed by atoms with E-state index in [4.69, 9.17) is 0 Å². The highest BCUT2D eigenvalue weighted by atomic mass is 19.3. The Morgan fingerprint density at radius 2 is 1.79 bits per heavy atom. The minimum atomic E-state index is -4.04. The summed E-state index contributed by atoms with van der Waals surface area (Å²) in [5, 5.41) is 0. The predicted molar refractivity (Wildman–Crippen MR) is 63.9 cm³/mol. The topological polar surface area (TPSA) is 43.4 Å². The SMILES string of the molecule is COC(=O)C(F)(F)C(=O)CC1Cc2ccccc2C1. The van der Waals surface area contributed by atoms with Gasteiger partial charge in [0, 0.05) is 6.42 Å². The van der Waals surface area contributed by atoms with E-state index in [9.17, 15) is 18.4 Å². The number of Topliss-reactive ketones (excluding diaryl/α,β-unsaturated/α-hetero) is 1. The number of carbonyl (C=O) groups excluding carboxylic acids is 2. The van der Waals surface area contributed by atoms with Gasteiger partial charge in [-0.15, -0.1) is 0 Å². The molecule has 0 aromatic heterocycles. The summed E-state index contributed by atoms with van der Waals surface area (Å²) in [6, 6.07) is 7.62. The lowest BCUT2D eigenvalue weighted by Crippen LogP contribution is -2.39. The first-order valence-corrected chi connectivity index (χ1v) is 6.01. The van der Waals surface area contributed by atoms with Gasteiger partial charge in [-0.1, -0.05) is 24.3 Å². The number of ether oxygens (including phenoxy) is 1. The van der Waals surface area contributed by atoms with E-state index in [1.54, 1.807) is 0 Å². The van der Waals surface area contributed by atoms with Crippen LogP contribution < -0.4 is 0 Å². The van der Waals surface area contributed by atoms with Crippen LogP contribution in [-0.4, -0.2) is 24.8 Å². The zero-order chi connectivity index (χ0) is 14.0. The highest BCUT2D eigenvalue weighted by Crippen LogP contribution is 2.31. The zero-order valence-electron chi connectivity index (χ0n) is 10.5. The molecule has 0 radical (unpaired) electrons. The normalized spacial score (nSPS) is 15.1. The Bertz CT molecular complexity index is 486. The van der Waals surface area contributed by atoms with E-state index in [0.717, 1.165) is 18.2 Å². The number of esters is 1. The van der Waals surface area contributed by atoms with Crippen molar-refractivity contribution in [2.24, 2.45) is 5.92 Å². The molecule has 0 N–H and O–H groups in total. The average molecular weight is 268 g/mol. The van der Waals surface area contributed by atoms with Gasteiger partial charge >= 0.3 is 11.9 Å². The standard InChI is InChI=1S/C14H14F2O3/c1-19-13(18)14(15,16)12(17)8-9-6-10-4-2-3-5-11(10)7-9/h2-5,9H,6-8H2,1H3. The minimum absolute atomic E-state index is 0.166. The van der Waals surface area contributed by atoms with Gasteiger partial charge in [-0.25, -0.2) is 4.79 Å². The second-order valence-electron chi connectivity index (χ2n) is 4.74. The third kappa shape index (κ3) is 2.64. The third-order valence-electron chi connectivity index (χ3n) is 3.40. The largest absolute Gasteiger partial charge is 0.464 e. The van der Waals surface area contributed by atoms with Crippen molar-refractivity contribution < 1.29 is 23.1 Å². The first-order chi connectivity index (χ1) is 8.95. The molecule has 1 aromatic rings. The van der Waals surface area contributed by atoms with Crippen molar-refractivity contribution in [3.05, 3.63) is 35.4 Å². The van der Waals surface area contributed by atoms with Crippen molar-refractivity contribution in [2.45, 2.75) is 25.2 Å². The van der Waals surface area contributed by atoms with Crippen molar-refractivity contribution in [2.75, 3.05) is 7.11 Å². The fourth-order valence-electron chi connectivity index (χ4n) is 2.43. The molecule has 0 atom stereocenters. The molecule has 0 saturated heterocycles.